The van der Waals surface area contributed by atoms with Crippen molar-refractivity contribution in [1.29, 1.82) is 10.5 Å². The van der Waals surface area contributed by atoms with Crippen LogP contribution in [-0.4, -0.2) is 9.52 Å². The highest BCUT2D eigenvalue weighted by Gasteiger charge is 1.69. The van der Waals surface area contributed by atoms with Gasteiger partial charge in [0.2, 0.25) is 0 Å². The molecule has 0 fully saturated rings. The molecule has 2 nitrogen and oxygen atoms in total. The minimum atomic E-state index is -0.191. The molecule has 0 unspecified atom stereocenters. The first-order valence-electron chi connectivity index (χ1n) is 0.947. The first kappa shape index (κ1) is 4.20. The van der Waals surface area contributed by atoms with Crippen LogP contribution in [0.4, 0.5) is 0 Å². The van der Waals surface area contributed by atoms with Gasteiger partial charge in [-0.15, -0.1) is 0 Å². The van der Waals surface area contributed by atoms with Crippen molar-refractivity contribution in [3.05, 3.63) is 0 Å². The Morgan fingerprint density at radius 1 is 1.20 bits per heavy atom. The third-order valence-corrected chi connectivity index (χ3v) is 0.335. The van der Waals surface area contributed by atoms with E-state index in [1.807, 2.05) is 0 Å². The van der Waals surface area contributed by atoms with Crippen LogP contribution in [0.15, 0.2) is 0 Å². The maximum atomic E-state index is 7.61. The third-order valence-electron chi connectivity index (χ3n) is 0.112. The minimum Gasteiger partial charge on any atom is -0.206 e. The summed E-state index contributed by atoms with van der Waals surface area (Å²) in [5, 5.41) is 15.2. The van der Waals surface area contributed by atoms with Gasteiger partial charge in [-0.25, -0.2) is 10.5 Å². The first-order valence-corrected chi connectivity index (χ1v) is 1.95. The lowest BCUT2D eigenvalue weighted by Gasteiger charge is -1.40. The van der Waals surface area contributed by atoms with Crippen molar-refractivity contribution in [3.63, 3.8) is 0 Å². The van der Waals surface area contributed by atoms with Gasteiger partial charge in [-0.1, -0.05) is 0 Å². The number of hydrogen-bond donors (Lipinski definition) is 0. The summed E-state index contributed by atoms with van der Waals surface area (Å²) < 4.78 is 0. The lowest BCUT2D eigenvalue weighted by atomic mass is 11.7. The fourth-order valence-electron chi connectivity index (χ4n) is 0.0250. The molecule has 0 aliphatic carbocycles. The molecule has 3 heteroatoms. The zero-order valence-electron chi connectivity index (χ0n) is 2.39. The van der Waals surface area contributed by atoms with E-state index in [0.29, 0.717) is 0 Å². The minimum absolute atomic E-state index is 0.191. The molecule has 0 heterocycles. The van der Waals surface area contributed by atoms with E-state index < -0.39 is 0 Å². The van der Waals surface area contributed by atoms with Gasteiger partial charge in [0.15, 0.2) is 0 Å². The molecule has 0 aromatic carbocycles. The zero-order chi connectivity index (χ0) is 4.12. The van der Waals surface area contributed by atoms with Crippen molar-refractivity contribution < 1.29 is 0 Å². The Labute approximate surface area is 32.5 Å². The van der Waals surface area contributed by atoms with Gasteiger partial charge in [0.1, 0.15) is 0 Å². The van der Waals surface area contributed by atoms with Crippen LogP contribution in [0.2, 0.25) is 0 Å². The fourth-order valence-corrected chi connectivity index (χ4v) is 0.0750. The molecule has 2 radical (unpaired) electrons. The van der Waals surface area contributed by atoms with E-state index >= 15 is 0 Å². The second-order valence-corrected chi connectivity index (χ2v) is 1.05. The zero-order valence-corrected chi connectivity index (χ0v) is 3.39. The van der Waals surface area contributed by atoms with Gasteiger partial charge in [-0.2, -0.15) is 0 Å². The molecule has 0 saturated heterocycles. The van der Waals surface area contributed by atoms with Crippen molar-refractivity contribution in [1.82, 2.24) is 0 Å². The molecule has 0 rings (SSSR count). The largest absolute Gasteiger partial charge is 0.327 e. The summed E-state index contributed by atoms with van der Waals surface area (Å²) in [6.45, 7) is 0. The quantitative estimate of drug-likeness (QED) is 0.373. The molecule has 0 saturated carbocycles. The van der Waals surface area contributed by atoms with E-state index in [9.17, 15) is 0 Å². The normalized spacial score (nSPS) is 4.40. The maximum Gasteiger partial charge on any atom is 0.327 e. The highest BCUT2D eigenvalue weighted by molar-refractivity contribution is 6.53. The summed E-state index contributed by atoms with van der Waals surface area (Å²) in [5.74, 6) is 0. The van der Waals surface area contributed by atoms with E-state index in [-0.39, 0.29) is 9.52 Å². The van der Waals surface area contributed by atoms with Crippen molar-refractivity contribution in [3.8, 4) is 11.4 Å². The van der Waals surface area contributed by atoms with Gasteiger partial charge in [0.05, 0.1) is 0 Å². The maximum absolute atomic E-state index is 7.61. The highest BCUT2D eigenvalue weighted by atomic mass is 28.2. The molecule has 0 aliphatic heterocycles. The van der Waals surface area contributed by atoms with E-state index in [0.717, 1.165) is 0 Å². The summed E-state index contributed by atoms with van der Waals surface area (Å²) in [6, 6.07) is 0. The number of nitriles is 2. The standard InChI is InChI=1S/C2N2Si/c3-1-5-2-4. The van der Waals surface area contributed by atoms with Crippen LogP contribution in [0.3, 0.4) is 0 Å². The van der Waals surface area contributed by atoms with Gasteiger partial charge in [-0.3, -0.25) is 0 Å². The Bertz CT molecular complexity index is 72.8. The Hall–Kier alpha value is -0.803. The average molecular weight is 80.1 g/mol. The molecule has 22 valence electrons. The van der Waals surface area contributed by atoms with Crippen LogP contribution < -0.4 is 0 Å². The highest BCUT2D eigenvalue weighted by Crippen LogP contribution is 1.38. The van der Waals surface area contributed by atoms with Crippen LogP contribution in [0.25, 0.3) is 0 Å². The fraction of sp³-hybridized carbons (Fsp3) is 0. The Balaban J connectivity index is 2.86. The molecule has 0 amide bonds. The van der Waals surface area contributed by atoms with Crippen LogP contribution in [0, 0.1) is 21.9 Å². The number of rotatable bonds is 0. The van der Waals surface area contributed by atoms with Gasteiger partial charge < -0.3 is 0 Å². The second-order valence-electron chi connectivity index (χ2n) is 0.349. The van der Waals surface area contributed by atoms with Gasteiger partial charge in [0.25, 0.3) is 0 Å². The van der Waals surface area contributed by atoms with Crippen LogP contribution in [0.1, 0.15) is 0 Å². The number of nitrogens with zero attached hydrogens (tertiary/aromatic N) is 2. The predicted molar refractivity (Wildman–Crippen MR) is 17.0 cm³/mol. The smallest absolute Gasteiger partial charge is 0.206 e. The molecule has 0 spiro atoms. The molecule has 5 heavy (non-hydrogen) atoms. The van der Waals surface area contributed by atoms with Gasteiger partial charge in [-0.05, 0) is 0 Å². The molecular weight excluding hydrogens is 80.1 g/mol. The van der Waals surface area contributed by atoms with Crippen LogP contribution in [-0.2, 0) is 0 Å². The van der Waals surface area contributed by atoms with E-state index in [1.165, 1.54) is 0 Å². The van der Waals surface area contributed by atoms with E-state index in [4.69, 9.17) is 10.5 Å². The molecule has 0 atom stereocenters. The van der Waals surface area contributed by atoms with Crippen molar-refractivity contribution in [2.45, 2.75) is 0 Å². The first-order chi connectivity index (χ1) is 2.41. The van der Waals surface area contributed by atoms with Crippen molar-refractivity contribution in [2.24, 2.45) is 0 Å². The van der Waals surface area contributed by atoms with Gasteiger partial charge >= 0.3 is 9.52 Å². The van der Waals surface area contributed by atoms with E-state index in [1.54, 1.807) is 11.4 Å². The molecule has 0 aromatic rings. The Morgan fingerprint density at radius 3 is 1.60 bits per heavy atom. The van der Waals surface area contributed by atoms with Crippen LogP contribution in [0.5, 0.6) is 0 Å². The summed E-state index contributed by atoms with van der Waals surface area (Å²) in [5.41, 5.74) is 3.37. The summed E-state index contributed by atoms with van der Waals surface area (Å²) >= 11 is 0. The third kappa shape index (κ3) is 3.20. The topological polar surface area (TPSA) is 47.6 Å². The summed E-state index contributed by atoms with van der Waals surface area (Å²) in [6.07, 6.45) is 0. The summed E-state index contributed by atoms with van der Waals surface area (Å²) in [4.78, 5) is 0. The number of hydrogen-bond acceptors (Lipinski definition) is 2. The SMILES string of the molecule is N#C[Si]C#N. The van der Waals surface area contributed by atoms with E-state index in [2.05, 4.69) is 0 Å². The molecular formula is C2N2Si. The van der Waals surface area contributed by atoms with Crippen LogP contribution >= 0.6 is 0 Å². The lowest BCUT2D eigenvalue weighted by Crippen LogP contribution is -1.70. The Morgan fingerprint density at radius 2 is 1.60 bits per heavy atom. The average Bonchev–Trinajstić information content (AvgIpc) is 1.41. The second kappa shape index (κ2) is 3.20. The monoisotopic (exact) mass is 80.0 g/mol. The Kier molecular flexibility index (Phi) is 2.68. The van der Waals surface area contributed by atoms with Crippen molar-refractivity contribution in [2.75, 3.05) is 0 Å². The van der Waals surface area contributed by atoms with Crippen molar-refractivity contribution >= 4 is 9.52 Å². The molecule has 0 N–H and O–H groups in total. The summed E-state index contributed by atoms with van der Waals surface area (Å²) in [7, 11) is -0.191. The van der Waals surface area contributed by atoms with Gasteiger partial charge in [0, 0.05) is 11.4 Å². The molecule has 0 bridgehead atoms. The predicted octanol–water partition coefficient (Wildman–Crippen LogP) is -0.347. The lowest BCUT2D eigenvalue weighted by molar-refractivity contribution is 1.55. The molecule has 0 aromatic heterocycles. The molecule has 0 aliphatic rings.